The maximum absolute atomic E-state index is 12.6. The molecule has 2 fully saturated rings. The molecular formula is C17H24N2O2. The van der Waals surface area contributed by atoms with Crippen LogP contribution in [0.2, 0.25) is 0 Å². The molecule has 114 valence electrons. The molecule has 1 aromatic rings. The molecule has 0 spiro atoms. The molecule has 0 aromatic heterocycles. The molecule has 1 unspecified atom stereocenters. The Bertz CT molecular complexity index is 550. The predicted molar refractivity (Wildman–Crippen MR) is 84.4 cm³/mol. The van der Waals surface area contributed by atoms with Gasteiger partial charge in [0, 0.05) is 24.3 Å². The van der Waals surface area contributed by atoms with Gasteiger partial charge in [-0.1, -0.05) is 18.9 Å². The highest BCUT2D eigenvalue weighted by molar-refractivity contribution is 5.99. The third-order valence-electron chi connectivity index (χ3n) is 4.69. The minimum absolute atomic E-state index is 0.0910. The third-order valence-corrected chi connectivity index (χ3v) is 4.69. The summed E-state index contributed by atoms with van der Waals surface area (Å²) in [5.74, 6) is 0.0910. The monoisotopic (exact) mass is 288 g/mol. The molecular weight excluding hydrogens is 264 g/mol. The Kier molecular flexibility index (Phi) is 3.89. The fourth-order valence-electron chi connectivity index (χ4n) is 3.42. The van der Waals surface area contributed by atoms with Gasteiger partial charge in [0.15, 0.2) is 0 Å². The summed E-state index contributed by atoms with van der Waals surface area (Å²) in [5, 5.41) is 0. The number of hydrogen-bond acceptors (Lipinski definition) is 3. The van der Waals surface area contributed by atoms with Crippen molar-refractivity contribution in [2.75, 3.05) is 17.2 Å². The first kappa shape index (κ1) is 14.4. The second-order valence-corrected chi connectivity index (χ2v) is 6.31. The molecule has 0 bridgehead atoms. The van der Waals surface area contributed by atoms with Crippen LogP contribution >= 0.6 is 0 Å². The maximum atomic E-state index is 12.6. The number of nitrogens with two attached hydrogens (primary N) is 1. The van der Waals surface area contributed by atoms with Gasteiger partial charge in [-0.2, -0.15) is 0 Å². The summed E-state index contributed by atoms with van der Waals surface area (Å²) in [5.41, 5.74) is 9.82. The molecule has 1 saturated carbocycles. The Morgan fingerprint density at radius 2 is 1.86 bits per heavy atom. The van der Waals surface area contributed by atoms with Gasteiger partial charge in [-0.15, -0.1) is 0 Å². The summed E-state index contributed by atoms with van der Waals surface area (Å²) in [6, 6.07) is 3.96. The van der Waals surface area contributed by atoms with Gasteiger partial charge in [-0.3, -0.25) is 4.79 Å². The Labute approximate surface area is 126 Å². The Hall–Kier alpha value is -1.55. The van der Waals surface area contributed by atoms with Crippen molar-refractivity contribution in [3.8, 4) is 0 Å². The number of carbonyl (C=O) groups excluding carboxylic acids is 1. The van der Waals surface area contributed by atoms with E-state index in [9.17, 15) is 4.79 Å². The first-order chi connectivity index (χ1) is 10.1. The summed E-state index contributed by atoms with van der Waals surface area (Å²) in [6.45, 7) is 4.74. The van der Waals surface area contributed by atoms with Gasteiger partial charge in [-0.25, -0.2) is 0 Å². The summed E-state index contributed by atoms with van der Waals surface area (Å²) < 4.78 is 6.01. The molecule has 0 radical (unpaired) electrons. The predicted octanol–water partition coefficient (Wildman–Crippen LogP) is 2.95. The van der Waals surface area contributed by atoms with E-state index < -0.39 is 0 Å². The zero-order valence-corrected chi connectivity index (χ0v) is 12.9. The van der Waals surface area contributed by atoms with E-state index in [1.165, 1.54) is 12.8 Å². The zero-order valence-electron chi connectivity index (χ0n) is 12.9. The standard InChI is InChI=1S/C17H24N2O2/c1-11-9-12(2)15(10-14(11)18)19-8-7-16(17(19)20)21-13-5-3-4-6-13/h9-10,13,16H,3-8,18H2,1-2H3. The van der Waals surface area contributed by atoms with Crippen LogP contribution in [0.3, 0.4) is 0 Å². The van der Waals surface area contributed by atoms with Crippen LogP contribution in [-0.4, -0.2) is 24.7 Å². The number of carbonyl (C=O) groups is 1. The number of aryl methyl sites for hydroxylation is 2. The van der Waals surface area contributed by atoms with Crippen LogP contribution in [0.1, 0.15) is 43.2 Å². The Balaban J connectivity index is 1.75. The Morgan fingerprint density at radius 3 is 2.57 bits per heavy atom. The lowest BCUT2D eigenvalue weighted by Gasteiger charge is -2.21. The molecule has 3 rings (SSSR count). The van der Waals surface area contributed by atoms with Crippen LogP contribution < -0.4 is 10.6 Å². The maximum Gasteiger partial charge on any atom is 0.256 e. The third kappa shape index (κ3) is 2.77. The van der Waals surface area contributed by atoms with Gasteiger partial charge in [0.25, 0.3) is 5.91 Å². The highest BCUT2D eigenvalue weighted by Gasteiger charge is 2.36. The molecule has 1 saturated heterocycles. The second-order valence-electron chi connectivity index (χ2n) is 6.31. The summed E-state index contributed by atoms with van der Waals surface area (Å²) in [4.78, 5) is 14.4. The highest BCUT2D eigenvalue weighted by Crippen LogP contribution is 2.31. The number of nitrogen functional groups attached to an aromatic ring is 1. The first-order valence-electron chi connectivity index (χ1n) is 7.90. The fourth-order valence-corrected chi connectivity index (χ4v) is 3.42. The second kappa shape index (κ2) is 5.68. The highest BCUT2D eigenvalue weighted by atomic mass is 16.5. The molecule has 2 N–H and O–H groups in total. The van der Waals surface area contributed by atoms with E-state index in [1.54, 1.807) is 0 Å². The van der Waals surface area contributed by atoms with Gasteiger partial charge in [0.1, 0.15) is 6.10 Å². The van der Waals surface area contributed by atoms with E-state index in [1.807, 2.05) is 30.9 Å². The van der Waals surface area contributed by atoms with Crippen LogP contribution in [0.5, 0.6) is 0 Å². The molecule has 2 aliphatic rings. The molecule has 1 atom stereocenters. The average molecular weight is 288 g/mol. The van der Waals surface area contributed by atoms with Gasteiger partial charge in [-0.05, 0) is 43.9 Å². The SMILES string of the molecule is Cc1cc(C)c(N2CCC(OC3CCCC3)C2=O)cc1N. The van der Waals surface area contributed by atoms with E-state index in [4.69, 9.17) is 10.5 Å². The number of ether oxygens (including phenoxy) is 1. The van der Waals surface area contributed by atoms with E-state index in [0.29, 0.717) is 0 Å². The normalized spacial score (nSPS) is 23.2. The lowest BCUT2D eigenvalue weighted by Crippen LogP contribution is -2.33. The lowest BCUT2D eigenvalue weighted by atomic mass is 10.1. The van der Waals surface area contributed by atoms with Crippen molar-refractivity contribution in [2.45, 2.75) is 58.2 Å². The van der Waals surface area contributed by atoms with Gasteiger partial charge >= 0.3 is 0 Å². The number of amides is 1. The van der Waals surface area contributed by atoms with Crippen molar-refractivity contribution in [3.05, 3.63) is 23.3 Å². The minimum Gasteiger partial charge on any atom is -0.398 e. The molecule has 4 heteroatoms. The van der Waals surface area contributed by atoms with Crippen LogP contribution in [0, 0.1) is 13.8 Å². The molecule has 1 aromatic carbocycles. The van der Waals surface area contributed by atoms with E-state index >= 15 is 0 Å². The van der Waals surface area contributed by atoms with E-state index in [0.717, 1.165) is 48.3 Å². The smallest absolute Gasteiger partial charge is 0.256 e. The first-order valence-corrected chi connectivity index (χ1v) is 7.90. The molecule has 1 heterocycles. The van der Waals surface area contributed by atoms with E-state index in [-0.39, 0.29) is 18.1 Å². The topological polar surface area (TPSA) is 55.6 Å². The fraction of sp³-hybridized carbons (Fsp3) is 0.588. The van der Waals surface area contributed by atoms with Crippen LogP contribution in [0.4, 0.5) is 11.4 Å². The molecule has 1 aliphatic carbocycles. The van der Waals surface area contributed by atoms with Crippen molar-refractivity contribution in [1.82, 2.24) is 0 Å². The van der Waals surface area contributed by atoms with Crippen molar-refractivity contribution >= 4 is 17.3 Å². The summed E-state index contributed by atoms with van der Waals surface area (Å²) in [7, 11) is 0. The zero-order chi connectivity index (χ0) is 15.0. The van der Waals surface area contributed by atoms with Crippen LogP contribution in [0.25, 0.3) is 0 Å². The van der Waals surface area contributed by atoms with Crippen molar-refractivity contribution < 1.29 is 9.53 Å². The molecule has 1 aliphatic heterocycles. The molecule has 21 heavy (non-hydrogen) atoms. The lowest BCUT2D eigenvalue weighted by molar-refractivity contribution is -0.130. The number of rotatable bonds is 3. The Morgan fingerprint density at radius 1 is 1.14 bits per heavy atom. The number of anilines is 2. The number of nitrogens with zero attached hydrogens (tertiary/aromatic N) is 1. The summed E-state index contributed by atoms with van der Waals surface area (Å²) >= 11 is 0. The largest absolute Gasteiger partial charge is 0.398 e. The van der Waals surface area contributed by atoms with E-state index in [2.05, 4.69) is 0 Å². The molecule has 1 amide bonds. The van der Waals surface area contributed by atoms with Crippen molar-refractivity contribution in [3.63, 3.8) is 0 Å². The van der Waals surface area contributed by atoms with Gasteiger partial charge in [0.05, 0.1) is 6.10 Å². The summed E-state index contributed by atoms with van der Waals surface area (Å²) in [6.07, 6.45) is 5.44. The van der Waals surface area contributed by atoms with Crippen molar-refractivity contribution in [1.29, 1.82) is 0 Å². The van der Waals surface area contributed by atoms with Gasteiger partial charge in [0.2, 0.25) is 0 Å². The molecule has 4 nitrogen and oxygen atoms in total. The minimum atomic E-state index is -0.268. The number of benzene rings is 1. The van der Waals surface area contributed by atoms with Crippen LogP contribution in [0.15, 0.2) is 12.1 Å². The average Bonchev–Trinajstić information content (AvgIpc) is 3.06. The van der Waals surface area contributed by atoms with Gasteiger partial charge < -0.3 is 15.4 Å². The quantitative estimate of drug-likeness (QED) is 0.870. The van der Waals surface area contributed by atoms with Crippen molar-refractivity contribution in [2.24, 2.45) is 0 Å². The van der Waals surface area contributed by atoms with Crippen LogP contribution in [-0.2, 0) is 9.53 Å². The number of hydrogen-bond donors (Lipinski definition) is 1.